The Labute approximate surface area is 118 Å². The summed E-state index contributed by atoms with van der Waals surface area (Å²) in [5, 5.41) is 0.656. The highest BCUT2D eigenvalue weighted by atomic mass is 35.5. The number of aromatic amines is 1. The maximum absolute atomic E-state index is 12.9. The van der Waals surface area contributed by atoms with Crippen LogP contribution in [0, 0.1) is 0 Å². The summed E-state index contributed by atoms with van der Waals surface area (Å²) >= 11 is 5.62. The Balaban J connectivity index is 2.14. The van der Waals surface area contributed by atoms with Crippen LogP contribution < -0.4 is 0 Å². The third-order valence-electron chi connectivity index (χ3n) is 3.11. The molecule has 0 aliphatic carbocycles. The maximum atomic E-state index is 12.9. The van der Waals surface area contributed by atoms with E-state index in [4.69, 9.17) is 11.6 Å². The third-order valence-corrected chi connectivity index (χ3v) is 3.44. The van der Waals surface area contributed by atoms with E-state index in [0.29, 0.717) is 11.3 Å². The number of para-hydroxylation sites is 1. The van der Waals surface area contributed by atoms with Gasteiger partial charge in [-0.25, -0.2) is 0 Å². The van der Waals surface area contributed by atoms with E-state index < -0.39 is 11.7 Å². The van der Waals surface area contributed by atoms with Gasteiger partial charge in [0.2, 0.25) is 0 Å². The summed E-state index contributed by atoms with van der Waals surface area (Å²) in [5.74, 6) is 0. The van der Waals surface area contributed by atoms with Crippen LogP contribution in [0.25, 0.3) is 22.2 Å². The van der Waals surface area contributed by atoms with Gasteiger partial charge in [0.25, 0.3) is 0 Å². The first-order valence-electron chi connectivity index (χ1n) is 5.90. The first-order valence-corrected chi connectivity index (χ1v) is 6.28. The van der Waals surface area contributed by atoms with E-state index >= 15 is 0 Å². The predicted octanol–water partition coefficient (Wildman–Crippen LogP) is 5.51. The predicted molar refractivity (Wildman–Crippen MR) is 73.7 cm³/mol. The highest BCUT2D eigenvalue weighted by Crippen LogP contribution is 2.37. The lowest BCUT2D eigenvalue weighted by Crippen LogP contribution is -2.05. The van der Waals surface area contributed by atoms with Gasteiger partial charge in [0.1, 0.15) is 0 Å². The fraction of sp³-hybridized carbons (Fsp3) is 0.0667. The van der Waals surface area contributed by atoms with Gasteiger partial charge < -0.3 is 4.98 Å². The van der Waals surface area contributed by atoms with Crippen molar-refractivity contribution in [3.05, 3.63) is 59.1 Å². The van der Waals surface area contributed by atoms with Gasteiger partial charge in [-0.1, -0.05) is 35.9 Å². The normalized spacial score (nSPS) is 12.0. The van der Waals surface area contributed by atoms with Crippen LogP contribution in [0.2, 0.25) is 5.02 Å². The highest BCUT2D eigenvalue weighted by molar-refractivity contribution is 6.31. The van der Waals surface area contributed by atoms with Gasteiger partial charge in [-0.05, 0) is 29.8 Å². The van der Waals surface area contributed by atoms with Crippen molar-refractivity contribution in [2.45, 2.75) is 6.18 Å². The highest BCUT2D eigenvalue weighted by Gasteiger charge is 2.33. The van der Waals surface area contributed by atoms with E-state index in [1.807, 2.05) is 30.3 Å². The molecule has 0 amide bonds. The molecule has 0 spiro atoms. The van der Waals surface area contributed by atoms with Gasteiger partial charge >= 0.3 is 6.18 Å². The number of hydrogen-bond donors (Lipinski definition) is 1. The molecular formula is C15H9ClF3N. The first kappa shape index (κ1) is 13.1. The molecule has 0 radical (unpaired) electrons. The molecule has 0 aliphatic rings. The summed E-state index contributed by atoms with van der Waals surface area (Å²) in [7, 11) is 0. The fourth-order valence-electron chi connectivity index (χ4n) is 2.14. The summed E-state index contributed by atoms with van der Waals surface area (Å²) in [6, 6.07) is 13.2. The van der Waals surface area contributed by atoms with E-state index in [1.165, 1.54) is 6.07 Å². The molecule has 0 aliphatic heterocycles. The molecule has 0 bridgehead atoms. The molecule has 5 heteroatoms. The van der Waals surface area contributed by atoms with E-state index in [1.54, 1.807) is 6.07 Å². The summed E-state index contributed by atoms with van der Waals surface area (Å²) in [5.41, 5.74) is 1.15. The van der Waals surface area contributed by atoms with Crippen molar-refractivity contribution in [2.24, 2.45) is 0 Å². The topological polar surface area (TPSA) is 15.8 Å². The number of fused-ring (bicyclic) bond motifs is 1. The lowest BCUT2D eigenvalue weighted by molar-refractivity contribution is -0.137. The molecule has 0 saturated heterocycles. The molecule has 0 fully saturated rings. The number of benzene rings is 2. The van der Waals surface area contributed by atoms with Crippen LogP contribution in [0.5, 0.6) is 0 Å². The monoisotopic (exact) mass is 295 g/mol. The second-order valence-electron chi connectivity index (χ2n) is 4.46. The Morgan fingerprint density at radius 3 is 2.40 bits per heavy atom. The minimum atomic E-state index is -4.46. The Hall–Kier alpha value is -1.94. The maximum Gasteiger partial charge on any atom is 0.417 e. The lowest BCUT2D eigenvalue weighted by atomic mass is 10.1. The van der Waals surface area contributed by atoms with Crippen LogP contribution in [0.15, 0.2) is 48.5 Å². The molecule has 3 aromatic rings. The Morgan fingerprint density at radius 1 is 0.950 bits per heavy atom. The molecule has 2 aromatic carbocycles. The van der Waals surface area contributed by atoms with Gasteiger partial charge in [0.15, 0.2) is 0 Å². The Bertz CT molecular complexity index is 741. The summed E-state index contributed by atoms with van der Waals surface area (Å²) in [6.45, 7) is 0. The lowest BCUT2D eigenvalue weighted by Gasteiger charge is -2.10. The molecule has 0 saturated carbocycles. The second-order valence-corrected chi connectivity index (χ2v) is 4.87. The van der Waals surface area contributed by atoms with E-state index in [-0.39, 0.29) is 5.02 Å². The number of nitrogens with one attached hydrogen (secondary N) is 1. The summed E-state index contributed by atoms with van der Waals surface area (Å²) in [4.78, 5) is 3.10. The summed E-state index contributed by atoms with van der Waals surface area (Å²) < 4.78 is 38.6. The zero-order valence-electron chi connectivity index (χ0n) is 10.1. The number of hydrogen-bond acceptors (Lipinski definition) is 0. The molecule has 20 heavy (non-hydrogen) atoms. The zero-order valence-corrected chi connectivity index (χ0v) is 10.9. The quantitative estimate of drug-likeness (QED) is 0.609. The van der Waals surface area contributed by atoms with Crippen LogP contribution in [0.4, 0.5) is 13.2 Å². The van der Waals surface area contributed by atoms with Gasteiger partial charge in [0, 0.05) is 16.6 Å². The van der Waals surface area contributed by atoms with Crippen LogP contribution in [0.1, 0.15) is 5.56 Å². The minimum absolute atomic E-state index is 0.294. The molecule has 1 nitrogen and oxygen atoms in total. The van der Waals surface area contributed by atoms with Crippen LogP contribution in [-0.2, 0) is 6.18 Å². The average molecular weight is 296 g/mol. The van der Waals surface area contributed by atoms with Crippen LogP contribution >= 0.6 is 11.6 Å². The van der Waals surface area contributed by atoms with Crippen molar-refractivity contribution in [1.82, 2.24) is 4.98 Å². The smallest absolute Gasteiger partial charge is 0.355 e. The van der Waals surface area contributed by atoms with Gasteiger partial charge in [0.05, 0.1) is 10.6 Å². The zero-order chi connectivity index (χ0) is 14.3. The second kappa shape index (κ2) is 4.56. The molecule has 0 atom stereocenters. The third kappa shape index (κ3) is 2.27. The number of alkyl halides is 3. The van der Waals surface area contributed by atoms with E-state index in [2.05, 4.69) is 4.98 Å². The molecule has 1 aromatic heterocycles. The molecule has 1 heterocycles. The number of rotatable bonds is 1. The first-order chi connectivity index (χ1) is 9.45. The standard InChI is InChI=1S/C15H9ClF3N/c16-12-6-5-10(7-11(12)15(17,18)19)14-8-9-3-1-2-4-13(9)20-14/h1-8,20H. The summed E-state index contributed by atoms with van der Waals surface area (Å²) in [6.07, 6.45) is -4.46. The fourth-order valence-corrected chi connectivity index (χ4v) is 2.36. The largest absolute Gasteiger partial charge is 0.417 e. The van der Waals surface area contributed by atoms with E-state index in [0.717, 1.165) is 17.0 Å². The molecule has 0 unspecified atom stereocenters. The van der Waals surface area contributed by atoms with Crippen molar-refractivity contribution < 1.29 is 13.2 Å². The van der Waals surface area contributed by atoms with Crippen molar-refractivity contribution in [3.63, 3.8) is 0 Å². The average Bonchev–Trinajstić information content (AvgIpc) is 2.81. The van der Waals surface area contributed by atoms with Crippen LogP contribution in [0.3, 0.4) is 0 Å². The van der Waals surface area contributed by atoms with Gasteiger partial charge in [-0.3, -0.25) is 0 Å². The van der Waals surface area contributed by atoms with E-state index in [9.17, 15) is 13.2 Å². The number of aromatic nitrogens is 1. The minimum Gasteiger partial charge on any atom is -0.355 e. The Kier molecular flexibility index (Phi) is 2.98. The number of halogens is 4. The number of H-pyrrole nitrogens is 1. The Morgan fingerprint density at radius 2 is 1.70 bits per heavy atom. The molecule has 3 rings (SSSR count). The van der Waals surface area contributed by atoms with Crippen molar-refractivity contribution in [1.29, 1.82) is 0 Å². The molecular weight excluding hydrogens is 287 g/mol. The van der Waals surface area contributed by atoms with Crippen molar-refractivity contribution in [3.8, 4) is 11.3 Å². The van der Waals surface area contributed by atoms with Gasteiger partial charge in [-0.2, -0.15) is 13.2 Å². The molecule has 102 valence electrons. The van der Waals surface area contributed by atoms with Crippen molar-refractivity contribution >= 4 is 22.5 Å². The van der Waals surface area contributed by atoms with Crippen LogP contribution in [-0.4, -0.2) is 4.98 Å². The molecule has 1 N–H and O–H groups in total. The van der Waals surface area contributed by atoms with Gasteiger partial charge in [-0.15, -0.1) is 0 Å². The SMILES string of the molecule is FC(F)(F)c1cc(-c2cc3ccccc3[nH]2)ccc1Cl. The van der Waals surface area contributed by atoms with Crippen molar-refractivity contribution in [2.75, 3.05) is 0 Å².